The van der Waals surface area contributed by atoms with E-state index in [0.29, 0.717) is 41.5 Å². The molecule has 174 valence electrons. The van der Waals surface area contributed by atoms with Crippen LogP contribution in [0.2, 0.25) is 0 Å². The number of hydrogen-bond acceptors (Lipinski definition) is 5. The van der Waals surface area contributed by atoms with Gasteiger partial charge in [0.05, 0.1) is 24.8 Å². The molecule has 0 radical (unpaired) electrons. The summed E-state index contributed by atoms with van der Waals surface area (Å²) in [4.78, 5) is 28.0. The zero-order chi connectivity index (χ0) is 24.2. The molecule has 0 spiro atoms. The SMILES string of the molecule is CCOc1ccc(N2C(=O)C(=O)/C(=C(/O)c3ccc(Br)cc3)C2c2ccccc2)cc1OCC. The minimum absolute atomic E-state index is 0.0327. The van der Waals surface area contributed by atoms with Crippen molar-refractivity contribution in [2.24, 2.45) is 0 Å². The molecule has 0 saturated carbocycles. The Kier molecular flexibility index (Phi) is 7.03. The van der Waals surface area contributed by atoms with Crippen molar-refractivity contribution < 1.29 is 24.2 Å². The Morgan fingerprint density at radius 2 is 1.56 bits per heavy atom. The van der Waals surface area contributed by atoms with Gasteiger partial charge in [0.15, 0.2) is 11.5 Å². The number of halogens is 1. The van der Waals surface area contributed by atoms with E-state index in [2.05, 4.69) is 15.9 Å². The second kappa shape index (κ2) is 10.1. The Hall–Kier alpha value is -3.58. The number of carbonyl (C=O) groups is 2. The van der Waals surface area contributed by atoms with Crippen LogP contribution in [-0.2, 0) is 9.59 Å². The minimum Gasteiger partial charge on any atom is -0.507 e. The van der Waals surface area contributed by atoms with E-state index in [0.717, 1.165) is 4.47 Å². The molecule has 1 aliphatic rings. The van der Waals surface area contributed by atoms with Crippen LogP contribution in [0.25, 0.3) is 5.76 Å². The van der Waals surface area contributed by atoms with E-state index < -0.39 is 17.7 Å². The number of anilines is 1. The van der Waals surface area contributed by atoms with Gasteiger partial charge in [-0.15, -0.1) is 0 Å². The highest BCUT2D eigenvalue weighted by atomic mass is 79.9. The molecule has 1 heterocycles. The van der Waals surface area contributed by atoms with Gasteiger partial charge in [-0.1, -0.05) is 58.4 Å². The molecule has 0 aromatic heterocycles. The molecule has 3 aromatic carbocycles. The van der Waals surface area contributed by atoms with E-state index in [-0.39, 0.29) is 11.3 Å². The van der Waals surface area contributed by atoms with Gasteiger partial charge in [-0.2, -0.15) is 0 Å². The zero-order valence-corrected chi connectivity index (χ0v) is 20.4. The summed E-state index contributed by atoms with van der Waals surface area (Å²) in [7, 11) is 0. The van der Waals surface area contributed by atoms with E-state index in [1.807, 2.05) is 44.2 Å². The normalized spacial score (nSPS) is 17.1. The highest BCUT2D eigenvalue weighted by Crippen LogP contribution is 2.44. The number of Topliss-reactive ketones (excluding diaryl/α,β-unsaturated/α-hetero) is 1. The molecular formula is C27H24BrNO5. The number of rotatable bonds is 7. The predicted molar refractivity (Wildman–Crippen MR) is 134 cm³/mol. The molecule has 1 amide bonds. The first-order valence-corrected chi connectivity index (χ1v) is 11.8. The van der Waals surface area contributed by atoms with Crippen molar-refractivity contribution in [1.29, 1.82) is 0 Å². The summed E-state index contributed by atoms with van der Waals surface area (Å²) in [6.07, 6.45) is 0. The molecule has 3 aromatic rings. The Morgan fingerprint density at radius 1 is 0.912 bits per heavy atom. The molecule has 1 saturated heterocycles. The van der Waals surface area contributed by atoms with Crippen molar-refractivity contribution in [2.75, 3.05) is 18.1 Å². The monoisotopic (exact) mass is 521 g/mol. The third-order valence-corrected chi connectivity index (χ3v) is 6.01. The average Bonchev–Trinajstić information content (AvgIpc) is 3.11. The number of ketones is 1. The van der Waals surface area contributed by atoms with Gasteiger partial charge in [-0.3, -0.25) is 14.5 Å². The van der Waals surface area contributed by atoms with Crippen molar-refractivity contribution in [2.45, 2.75) is 19.9 Å². The maximum atomic E-state index is 13.3. The maximum Gasteiger partial charge on any atom is 0.300 e. The topological polar surface area (TPSA) is 76.1 Å². The minimum atomic E-state index is -0.808. The molecule has 1 aliphatic heterocycles. The fourth-order valence-corrected chi connectivity index (χ4v) is 4.27. The van der Waals surface area contributed by atoms with E-state index in [1.54, 1.807) is 42.5 Å². The predicted octanol–water partition coefficient (Wildman–Crippen LogP) is 5.87. The summed E-state index contributed by atoms with van der Waals surface area (Å²) < 4.78 is 12.2. The molecule has 1 N–H and O–H groups in total. The van der Waals surface area contributed by atoms with Crippen LogP contribution in [-0.4, -0.2) is 30.0 Å². The Balaban J connectivity index is 1.90. The van der Waals surface area contributed by atoms with E-state index in [4.69, 9.17) is 9.47 Å². The lowest BCUT2D eigenvalue weighted by Crippen LogP contribution is -2.29. The first kappa shape index (κ1) is 23.6. The summed E-state index contributed by atoms with van der Waals surface area (Å²) in [5.74, 6) is -0.669. The molecule has 4 rings (SSSR count). The second-order valence-electron chi connectivity index (χ2n) is 7.58. The lowest BCUT2D eigenvalue weighted by molar-refractivity contribution is -0.132. The van der Waals surface area contributed by atoms with Crippen LogP contribution in [0.5, 0.6) is 11.5 Å². The second-order valence-corrected chi connectivity index (χ2v) is 8.50. The Morgan fingerprint density at radius 3 is 2.21 bits per heavy atom. The number of ether oxygens (including phenoxy) is 2. The quantitative estimate of drug-likeness (QED) is 0.239. The largest absolute Gasteiger partial charge is 0.507 e. The van der Waals surface area contributed by atoms with Crippen LogP contribution in [0, 0.1) is 0 Å². The number of hydrogen-bond donors (Lipinski definition) is 1. The van der Waals surface area contributed by atoms with Crippen molar-refractivity contribution in [3.63, 3.8) is 0 Å². The third-order valence-electron chi connectivity index (χ3n) is 5.48. The molecule has 34 heavy (non-hydrogen) atoms. The highest BCUT2D eigenvalue weighted by molar-refractivity contribution is 9.10. The number of nitrogens with zero attached hydrogens (tertiary/aromatic N) is 1. The summed E-state index contributed by atoms with van der Waals surface area (Å²) in [5.41, 5.74) is 1.65. The van der Waals surface area contributed by atoms with Crippen molar-refractivity contribution in [3.8, 4) is 11.5 Å². The summed E-state index contributed by atoms with van der Waals surface area (Å²) in [6.45, 7) is 4.60. The Labute approximate surface area is 206 Å². The average molecular weight is 522 g/mol. The van der Waals surface area contributed by atoms with E-state index >= 15 is 0 Å². The maximum absolute atomic E-state index is 13.3. The molecular weight excluding hydrogens is 498 g/mol. The van der Waals surface area contributed by atoms with Gasteiger partial charge in [-0.25, -0.2) is 0 Å². The van der Waals surface area contributed by atoms with Gasteiger partial charge in [0.25, 0.3) is 11.7 Å². The van der Waals surface area contributed by atoms with E-state index in [1.165, 1.54) is 4.90 Å². The van der Waals surface area contributed by atoms with Gasteiger partial charge in [0.1, 0.15) is 5.76 Å². The molecule has 6 nitrogen and oxygen atoms in total. The first-order valence-electron chi connectivity index (χ1n) is 11.0. The number of aliphatic hydroxyl groups excluding tert-OH is 1. The first-order chi connectivity index (χ1) is 16.5. The Bertz CT molecular complexity index is 1240. The summed E-state index contributed by atoms with van der Waals surface area (Å²) >= 11 is 3.38. The van der Waals surface area contributed by atoms with Gasteiger partial charge >= 0.3 is 0 Å². The molecule has 1 unspecified atom stereocenters. The highest BCUT2D eigenvalue weighted by Gasteiger charge is 2.47. The zero-order valence-electron chi connectivity index (χ0n) is 18.8. The van der Waals surface area contributed by atoms with Crippen LogP contribution in [0.15, 0.2) is 82.8 Å². The van der Waals surface area contributed by atoms with Crippen LogP contribution in [0.1, 0.15) is 31.0 Å². The van der Waals surface area contributed by atoms with E-state index in [9.17, 15) is 14.7 Å². The molecule has 0 bridgehead atoms. The smallest absolute Gasteiger partial charge is 0.300 e. The van der Waals surface area contributed by atoms with Crippen LogP contribution < -0.4 is 14.4 Å². The molecule has 0 aliphatic carbocycles. The van der Waals surface area contributed by atoms with Crippen LogP contribution in [0.4, 0.5) is 5.69 Å². The molecule has 1 fully saturated rings. The van der Waals surface area contributed by atoms with Gasteiger partial charge in [-0.05, 0) is 43.7 Å². The lowest BCUT2D eigenvalue weighted by Gasteiger charge is -2.26. The van der Waals surface area contributed by atoms with Crippen molar-refractivity contribution >= 4 is 39.1 Å². The van der Waals surface area contributed by atoms with Gasteiger partial charge in [0.2, 0.25) is 0 Å². The lowest BCUT2D eigenvalue weighted by atomic mass is 9.95. The van der Waals surface area contributed by atoms with Gasteiger partial charge in [0, 0.05) is 21.8 Å². The van der Waals surface area contributed by atoms with Crippen molar-refractivity contribution in [3.05, 3.63) is 94.0 Å². The third kappa shape index (κ3) is 4.43. The van der Waals surface area contributed by atoms with Crippen LogP contribution >= 0.6 is 15.9 Å². The number of aliphatic hydroxyl groups is 1. The van der Waals surface area contributed by atoms with Crippen LogP contribution in [0.3, 0.4) is 0 Å². The van der Waals surface area contributed by atoms with Gasteiger partial charge < -0.3 is 14.6 Å². The molecule has 7 heteroatoms. The fraction of sp³-hybridized carbons (Fsp3) is 0.185. The molecule has 1 atom stereocenters. The number of carbonyl (C=O) groups excluding carboxylic acids is 2. The summed E-state index contributed by atoms with van der Waals surface area (Å²) in [6, 6.07) is 20.4. The standard InChI is InChI=1S/C27H24BrNO5/c1-3-33-21-15-14-20(16-22(21)34-4-2)29-24(17-8-6-5-7-9-17)23(26(31)27(29)32)25(30)18-10-12-19(28)13-11-18/h5-16,24,30H,3-4H2,1-2H3/b25-23+. The number of amides is 1. The fourth-order valence-electron chi connectivity index (χ4n) is 4.00. The summed E-state index contributed by atoms with van der Waals surface area (Å²) in [5, 5.41) is 11.2. The van der Waals surface area contributed by atoms with Crippen molar-refractivity contribution in [1.82, 2.24) is 0 Å². The number of benzene rings is 3.